The summed E-state index contributed by atoms with van der Waals surface area (Å²) in [7, 11) is -1.32. The first kappa shape index (κ1) is 10.2. The summed E-state index contributed by atoms with van der Waals surface area (Å²) in [6.07, 6.45) is 4.53. The molecule has 74 valence electrons. The first-order valence-corrected chi connectivity index (χ1v) is 5.96. The SMILES string of the molecule is CC(C)c1n(S(C)(=O)=O)cc[n+]1C. The first-order chi connectivity index (χ1) is 5.84. The number of hydrogen-bond donors (Lipinski definition) is 0. The van der Waals surface area contributed by atoms with Crippen LogP contribution in [0.5, 0.6) is 0 Å². The van der Waals surface area contributed by atoms with Gasteiger partial charge >= 0.3 is 10.0 Å². The maximum atomic E-state index is 11.3. The predicted octanol–water partition coefficient (Wildman–Crippen LogP) is 0.244. The van der Waals surface area contributed by atoms with Gasteiger partial charge in [0.25, 0.3) is 5.82 Å². The molecule has 0 aromatic carbocycles. The number of nitrogens with zero attached hydrogens (tertiary/aromatic N) is 2. The second kappa shape index (κ2) is 3.14. The average molecular weight is 203 g/mol. The van der Waals surface area contributed by atoms with E-state index in [1.165, 1.54) is 10.2 Å². The smallest absolute Gasteiger partial charge is 0.236 e. The minimum atomic E-state index is -3.16. The quantitative estimate of drug-likeness (QED) is 0.646. The van der Waals surface area contributed by atoms with Gasteiger partial charge < -0.3 is 0 Å². The molecular formula is C8H15N2O2S+. The van der Waals surface area contributed by atoms with E-state index < -0.39 is 10.0 Å². The van der Waals surface area contributed by atoms with Crippen LogP contribution in [0.3, 0.4) is 0 Å². The lowest BCUT2D eigenvalue weighted by Gasteiger charge is -2.02. The molecule has 0 N–H and O–H groups in total. The zero-order valence-corrected chi connectivity index (χ0v) is 9.17. The van der Waals surface area contributed by atoms with Crippen molar-refractivity contribution in [1.82, 2.24) is 3.97 Å². The summed E-state index contributed by atoms with van der Waals surface area (Å²) < 4.78 is 25.8. The minimum Gasteiger partial charge on any atom is -0.236 e. The van der Waals surface area contributed by atoms with Crippen LogP contribution in [0.1, 0.15) is 25.6 Å². The minimum absolute atomic E-state index is 0.190. The fourth-order valence-electron chi connectivity index (χ4n) is 1.41. The molecule has 0 saturated carbocycles. The van der Waals surface area contributed by atoms with Crippen LogP contribution in [0.4, 0.5) is 0 Å². The van der Waals surface area contributed by atoms with E-state index in [1.54, 1.807) is 12.4 Å². The summed E-state index contributed by atoms with van der Waals surface area (Å²) in [6.45, 7) is 3.94. The Labute approximate surface area is 78.9 Å². The van der Waals surface area contributed by atoms with E-state index in [0.29, 0.717) is 0 Å². The van der Waals surface area contributed by atoms with Crippen LogP contribution >= 0.6 is 0 Å². The lowest BCUT2D eigenvalue weighted by atomic mass is 10.2. The Kier molecular flexibility index (Phi) is 2.47. The van der Waals surface area contributed by atoms with Gasteiger partial charge in [0.05, 0.1) is 19.2 Å². The Morgan fingerprint density at radius 1 is 1.46 bits per heavy atom. The molecule has 0 saturated heterocycles. The van der Waals surface area contributed by atoms with Crippen LogP contribution in [0.25, 0.3) is 0 Å². The number of rotatable bonds is 2. The monoisotopic (exact) mass is 203 g/mol. The van der Waals surface area contributed by atoms with Crippen molar-refractivity contribution in [3.8, 4) is 0 Å². The van der Waals surface area contributed by atoms with E-state index in [2.05, 4.69) is 0 Å². The molecule has 1 aromatic heterocycles. The third-order valence-corrected chi connectivity index (χ3v) is 2.91. The van der Waals surface area contributed by atoms with Crippen LogP contribution < -0.4 is 4.57 Å². The van der Waals surface area contributed by atoms with Gasteiger partial charge in [-0.2, -0.15) is 8.42 Å². The molecule has 0 aliphatic rings. The molecule has 0 atom stereocenters. The van der Waals surface area contributed by atoms with Gasteiger partial charge in [-0.15, -0.1) is 3.97 Å². The van der Waals surface area contributed by atoms with Gasteiger partial charge in [-0.25, -0.2) is 4.57 Å². The van der Waals surface area contributed by atoms with Crippen LogP contribution in [0, 0.1) is 0 Å². The van der Waals surface area contributed by atoms with Crippen LogP contribution in [0.15, 0.2) is 12.4 Å². The van der Waals surface area contributed by atoms with Gasteiger partial charge in [-0.1, -0.05) is 13.8 Å². The Bertz CT molecular complexity index is 404. The number of aryl methyl sites for hydroxylation is 1. The first-order valence-electron chi connectivity index (χ1n) is 4.11. The van der Waals surface area contributed by atoms with E-state index in [1.807, 2.05) is 25.5 Å². The molecule has 4 nitrogen and oxygen atoms in total. The summed E-state index contributed by atoms with van der Waals surface area (Å²) in [6, 6.07) is 0. The van der Waals surface area contributed by atoms with E-state index in [4.69, 9.17) is 0 Å². The van der Waals surface area contributed by atoms with Gasteiger partial charge in [0.1, 0.15) is 12.4 Å². The Hall–Kier alpha value is -0.840. The molecule has 0 aliphatic heterocycles. The summed E-state index contributed by atoms with van der Waals surface area (Å²) in [4.78, 5) is 0. The largest absolute Gasteiger partial charge is 0.302 e. The highest BCUT2D eigenvalue weighted by Gasteiger charge is 2.24. The topological polar surface area (TPSA) is 43.0 Å². The number of hydrogen-bond acceptors (Lipinski definition) is 2. The Morgan fingerprint density at radius 3 is 2.31 bits per heavy atom. The van der Waals surface area contributed by atoms with Crippen molar-refractivity contribution in [1.29, 1.82) is 0 Å². The van der Waals surface area contributed by atoms with Crippen molar-refractivity contribution in [2.75, 3.05) is 6.26 Å². The highest BCUT2D eigenvalue weighted by Crippen LogP contribution is 2.11. The summed E-state index contributed by atoms with van der Waals surface area (Å²) in [5, 5.41) is 0. The number of imidazole rings is 1. The van der Waals surface area contributed by atoms with E-state index in [-0.39, 0.29) is 5.92 Å². The molecular weight excluding hydrogens is 188 g/mol. The van der Waals surface area contributed by atoms with Gasteiger partial charge in [0, 0.05) is 0 Å². The fraction of sp³-hybridized carbons (Fsp3) is 0.625. The standard InChI is InChI=1S/C8H15N2O2S/c1-7(2)8-9(3)5-6-10(8)13(4,11)12/h5-7H,1-4H3/q+1. The highest BCUT2D eigenvalue weighted by atomic mass is 32.2. The highest BCUT2D eigenvalue weighted by molar-refractivity contribution is 7.89. The Balaban J connectivity index is 3.40. The van der Waals surface area contributed by atoms with Gasteiger partial charge in [-0.3, -0.25) is 0 Å². The third-order valence-electron chi connectivity index (χ3n) is 1.89. The second-order valence-corrected chi connectivity index (χ2v) is 5.34. The molecule has 13 heavy (non-hydrogen) atoms. The fourth-order valence-corrected chi connectivity index (χ4v) is 2.37. The van der Waals surface area contributed by atoms with Crippen molar-refractivity contribution < 1.29 is 13.0 Å². The molecule has 0 spiro atoms. The Morgan fingerprint density at radius 2 is 2.00 bits per heavy atom. The lowest BCUT2D eigenvalue weighted by Crippen LogP contribution is -2.34. The van der Waals surface area contributed by atoms with Crippen molar-refractivity contribution in [2.24, 2.45) is 7.05 Å². The summed E-state index contributed by atoms with van der Waals surface area (Å²) in [5.41, 5.74) is 0. The zero-order valence-electron chi connectivity index (χ0n) is 8.35. The molecule has 0 bridgehead atoms. The van der Waals surface area contributed by atoms with Crippen molar-refractivity contribution in [2.45, 2.75) is 19.8 Å². The molecule has 0 unspecified atom stereocenters. The zero-order chi connectivity index (χ0) is 10.2. The van der Waals surface area contributed by atoms with Gasteiger partial charge in [-0.05, 0) is 0 Å². The maximum absolute atomic E-state index is 11.3. The van der Waals surface area contributed by atoms with Gasteiger partial charge in [0.2, 0.25) is 0 Å². The summed E-state index contributed by atoms with van der Waals surface area (Å²) >= 11 is 0. The molecule has 0 aliphatic carbocycles. The molecule has 1 heterocycles. The van der Waals surface area contributed by atoms with Crippen LogP contribution in [-0.2, 0) is 17.1 Å². The average Bonchev–Trinajstić information content (AvgIpc) is 2.28. The predicted molar refractivity (Wildman–Crippen MR) is 49.9 cm³/mol. The van der Waals surface area contributed by atoms with Crippen LogP contribution in [0.2, 0.25) is 0 Å². The molecule has 0 amide bonds. The third kappa shape index (κ3) is 1.91. The van der Waals surface area contributed by atoms with Crippen LogP contribution in [-0.4, -0.2) is 18.6 Å². The molecule has 5 heteroatoms. The van der Waals surface area contributed by atoms with Gasteiger partial charge in [0.15, 0.2) is 0 Å². The van der Waals surface area contributed by atoms with E-state index in [0.717, 1.165) is 5.82 Å². The van der Waals surface area contributed by atoms with Crippen molar-refractivity contribution in [3.05, 3.63) is 18.2 Å². The normalized spacial score (nSPS) is 12.4. The molecule has 0 fully saturated rings. The second-order valence-electron chi connectivity index (χ2n) is 3.48. The molecule has 0 radical (unpaired) electrons. The van der Waals surface area contributed by atoms with Crippen molar-refractivity contribution >= 4 is 10.0 Å². The van der Waals surface area contributed by atoms with E-state index >= 15 is 0 Å². The lowest BCUT2D eigenvalue weighted by molar-refractivity contribution is -0.679. The number of aromatic nitrogens is 2. The molecule has 1 aromatic rings. The maximum Gasteiger partial charge on any atom is 0.302 e. The van der Waals surface area contributed by atoms with E-state index in [9.17, 15) is 8.42 Å². The molecule has 1 rings (SSSR count). The van der Waals surface area contributed by atoms with Crippen molar-refractivity contribution in [3.63, 3.8) is 0 Å². The summed E-state index contributed by atoms with van der Waals surface area (Å²) in [5.74, 6) is 0.984.